The highest BCUT2D eigenvalue weighted by molar-refractivity contribution is 7.92. The third-order valence-corrected chi connectivity index (χ3v) is 7.95. The van der Waals surface area contributed by atoms with Crippen LogP contribution in [0.1, 0.15) is 32.3 Å². The summed E-state index contributed by atoms with van der Waals surface area (Å²) < 4.78 is 50.9. The summed E-state index contributed by atoms with van der Waals surface area (Å²) in [5.41, 5.74) is 0.259. The quantitative estimate of drug-likeness (QED) is 0.797. The highest BCUT2D eigenvalue weighted by atomic mass is 32.2. The molecule has 0 radical (unpaired) electrons. The molecule has 0 saturated carbocycles. The van der Waals surface area contributed by atoms with Crippen LogP contribution in [0.5, 0.6) is 0 Å². The maximum absolute atomic E-state index is 13.0. The Morgan fingerprint density at radius 1 is 1.43 bits per heavy atom. The summed E-state index contributed by atoms with van der Waals surface area (Å²) in [6.07, 6.45) is 0.886. The third-order valence-electron chi connectivity index (χ3n) is 4.13. The van der Waals surface area contributed by atoms with Gasteiger partial charge in [-0.1, -0.05) is 13.0 Å². The lowest BCUT2D eigenvalue weighted by Crippen LogP contribution is -2.46. The van der Waals surface area contributed by atoms with E-state index in [0.29, 0.717) is 12.8 Å². The summed E-state index contributed by atoms with van der Waals surface area (Å²) in [6, 6.07) is 6.88. The van der Waals surface area contributed by atoms with E-state index in [1.807, 2.05) is 13.0 Å². The van der Waals surface area contributed by atoms with Crippen molar-refractivity contribution in [3.8, 4) is 6.07 Å². The lowest BCUT2D eigenvalue weighted by molar-refractivity contribution is 0.271. The molecule has 1 fully saturated rings. The molecule has 0 aromatic heterocycles. The number of nitriles is 1. The van der Waals surface area contributed by atoms with Crippen molar-refractivity contribution in [2.45, 2.75) is 43.7 Å². The van der Waals surface area contributed by atoms with Gasteiger partial charge in [-0.2, -0.15) is 9.57 Å². The average molecular weight is 356 g/mol. The fourth-order valence-electron chi connectivity index (χ4n) is 2.80. The zero-order chi connectivity index (χ0) is 17.3. The normalized spacial score (nSPS) is 21.9. The molecule has 0 amide bonds. The van der Waals surface area contributed by atoms with Crippen molar-refractivity contribution in [3.05, 3.63) is 29.8 Å². The molecule has 1 aliphatic heterocycles. The van der Waals surface area contributed by atoms with Crippen LogP contribution in [0.25, 0.3) is 0 Å². The Kier molecular flexibility index (Phi) is 5.14. The molecule has 0 N–H and O–H groups in total. The van der Waals surface area contributed by atoms with Gasteiger partial charge in [-0.15, -0.1) is 0 Å². The zero-order valence-corrected chi connectivity index (χ0v) is 14.8. The van der Waals surface area contributed by atoms with E-state index in [1.54, 1.807) is 6.92 Å². The maximum Gasteiger partial charge on any atom is 0.243 e. The lowest BCUT2D eigenvalue weighted by atomic mass is 10.2. The van der Waals surface area contributed by atoms with Gasteiger partial charge in [0.05, 0.1) is 28.0 Å². The topological polar surface area (TPSA) is 95.3 Å². The van der Waals surface area contributed by atoms with Crippen LogP contribution in [0.15, 0.2) is 29.2 Å². The molecular formula is C15H20N2O4S2. The van der Waals surface area contributed by atoms with Crippen LogP contribution in [0, 0.1) is 11.3 Å². The van der Waals surface area contributed by atoms with E-state index in [-0.39, 0.29) is 28.0 Å². The third kappa shape index (κ3) is 3.74. The Hall–Kier alpha value is -1.43. The van der Waals surface area contributed by atoms with Crippen LogP contribution in [0.2, 0.25) is 0 Å². The highest BCUT2D eigenvalue weighted by Crippen LogP contribution is 2.28. The Labute approximate surface area is 137 Å². The average Bonchev–Trinajstić information content (AvgIpc) is 2.86. The van der Waals surface area contributed by atoms with E-state index < -0.39 is 25.9 Å². The largest absolute Gasteiger partial charge is 0.243 e. The number of benzene rings is 1. The van der Waals surface area contributed by atoms with E-state index in [1.165, 1.54) is 28.6 Å². The van der Waals surface area contributed by atoms with Crippen LogP contribution in [0.4, 0.5) is 0 Å². The van der Waals surface area contributed by atoms with Crippen LogP contribution in [0.3, 0.4) is 0 Å². The summed E-state index contributed by atoms with van der Waals surface area (Å²) in [4.78, 5) is 0.0288. The van der Waals surface area contributed by atoms with Crippen LogP contribution < -0.4 is 0 Å². The van der Waals surface area contributed by atoms with Gasteiger partial charge in [0.1, 0.15) is 0 Å². The summed E-state index contributed by atoms with van der Waals surface area (Å²) in [5.74, 6) is -0.132. The van der Waals surface area contributed by atoms with E-state index in [0.717, 1.165) is 0 Å². The SMILES string of the molecule is CC[C@H](C)N([C@@H]1CCS(=O)(=O)C1)S(=O)(=O)c1cccc(C#N)c1. The fraction of sp³-hybridized carbons (Fsp3) is 0.533. The Balaban J connectivity index is 2.48. The van der Waals surface area contributed by atoms with Crippen LogP contribution in [-0.2, 0) is 19.9 Å². The van der Waals surface area contributed by atoms with Crippen molar-refractivity contribution >= 4 is 19.9 Å². The molecule has 8 heteroatoms. The summed E-state index contributed by atoms with van der Waals surface area (Å²) in [6.45, 7) is 3.64. The molecule has 1 aliphatic rings. The molecule has 1 saturated heterocycles. The number of rotatable bonds is 5. The first-order chi connectivity index (χ1) is 10.7. The van der Waals surface area contributed by atoms with Gasteiger partial charge in [0.2, 0.25) is 10.0 Å². The predicted molar refractivity (Wildman–Crippen MR) is 87.0 cm³/mol. The highest BCUT2D eigenvalue weighted by Gasteiger charge is 2.40. The molecule has 1 aromatic carbocycles. The molecule has 0 aliphatic carbocycles. The van der Waals surface area contributed by atoms with Crippen molar-refractivity contribution in [1.82, 2.24) is 4.31 Å². The second-order valence-corrected chi connectivity index (χ2v) is 9.86. The van der Waals surface area contributed by atoms with Gasteiger partial charge in [-0.05, 0) is 38.0 Å². The lowest BCUT2D eigenvalue weighted by Gasteiger charge is -2.32. The summed E-state index contributed by atoms with van der Waals surface area (Å²) in [5, 5.41) is 8.96. The Bertz CT molecular complexity index is 825. The van der Waals surface area contributed by atoms with E-state index >= 15 is 0 Å². The van der Waals surface area contributed by atoms with Crippen molar-refractivity contribution in [2.75, 3.05) is 11.5 Å². The van der Waals surface area contributed by atoms with Gasteiger partial charge in [0.15, 0.2) is 9.84 Å². The first-order valence-electron chi connectivity index (χ1n) is 7.45. The number of hydrogen-bond acceptors (Lipinski definition) is 5. The van der Waals surface area contributed by atoms with Crippen LogP contribution in [-0.4, -0.2) is 44.7 Å². The molecule has 2 atom stereocenters. The number of sulfonamides is 1. The van der Waals surface area contributed by atoms with Crippen molar-refractivity contribution in [1.29, 1.82) is 5.26 Å². The van der Waals surface area contributed by atoms with Gasteiger partial charge in [0.25, 0.3) is 0 Å². The summed E-state index contributed by atoms with van der Waals surface area (Å²) >= 11 is 0. The predicted octanol–water partition coefficient (Wildman–Crippen LogP) is 1.53. The molecule has 1 heterocycles. The zero-order valence-electron chi connectivity index (χ0n) is 13.1. The molecule has 1 aromatic rings. The maximum atomic E-state index is 13.0. The Morgan fingerprint density at radius 2 is 2.13 bits per heavy atom. The minimum atomic E-state index is -3.86. The van der Waals surface area contributed by atoms with E-state index in [9.17, 15) is 16.8 Å². The van der Waals surface area contributed by atoms with Gasteiger partial charge in [-0.25, -0.2) is 16.8 Å². The Morgan fingerprint density at radius 3 is 2.65 bits per heavy atom. The first-order valence-corrected chi connectivity index (χ1v) is 10.7. The fourth-order valence-corrected chi connectivity index (χ4v) is 6.57. The number of nitrogens with zero attached hydrogens (tertiary/aromatic N) is 2. The number of hydrogen-bond donors (Lipinski definition) is 0. The second-order valence-electron chi connectivity index (χ2n) is 5.79. The van der Waals surface area contributed by atoms with E-state index in [2.05, 4.69) is 0 Å². The van der Waals surface area contributed by atoms with Crippen molar-refractivity contribution in [3.63, 3.8) is 0 Å². The summed E-state index contributed by atoms with van der Waals surface area (Å²) in [7, 11) is -7.06. The molecule has 2 rings (SSSR count). The minimum Gasteiger partial charge on any atom is -0.229 e. The minimum absolute atomic E-state index is 0.0123. The molecule has 0 unspecified atom stereocenters. The van der Waals surface area contributed by atoms with Crippen LogP contribution >= 0.6 is 0 Å². The standard InChI is InChI=1S/C15H20N2O4S2/c1-3-12(2)17(14-7-8-22(18,19)11-14)23(20,21)15-6-4-5-13(9-15)10-16/h4-6,9,12,14H,3,7-8,11H2,1-2H3/t12-,14+/m0/s1. The molecule has 23 heavy (non-hydrogen) atoms. The van der Waals surface area contributed by atoms with Crippen molar-refractivity contribution in [2.24, 2.45) is 0 Å². The smallest absolute Gasteiger partial charge is 0.229 e. The number of sulfone groups is 1. The molecule has 0 spiro atoms. The van der Waals surface area contributed by atoms with Gasteiger partial charge in [-0.3, -0.25) is 0 Å². The monoisotopic (exact) mass is 356 g/mol. The van der Waals surface area contributed by atoms with Gasteiger partial charge < -0.3 is 0 Å². The molecule has 6 nitrogen and oxygen atoms in total. The second kappa shape index (κ2) is 6.59. The molecule has 0 bridgehead atoms. The van der Waals surface area contributed by atoms with Gasteiger partial charge >= 0.3 is 0 Å². The molecule has 126 valence electrons. The van der Waals surface area contributed by atoms with E-state index in [4.69, 9.17) is 5.26 Å². The first kappa shape index (κ1) is 17.9. The molecular weight excluding hydrogens is 336 g/mol. The van der Waals surface area contributed by atoms with Crippen molar-refractivity contribution < 1.29 is 16.8 Å². The van der Waals surface area contributed by atoms with Gasteiger partial charge in [0, 0.05) is 12.1 Å².